The van der Waals surface area contributed by atoms with Crippen molar-refractivity contribution in [3.05, 3.63) is 23.8 Å². The lowest BCUT2D eigenvalue weighted by Crippen LogP contribution is -2.69. The third-order valence-corrected chi connectivity index (χ3v) is 13.8. The van der Waals surface area contributed by atoms with Crippen molar-refractivity contribution in [2.45, 2.75) is 50.2 Å². The summed E-state index contributed by atoms with van der Waals surface area (Å²) in [5, 5.41) is 32.0. The first kappa shape index (κ1) is 18.2. The second kappa shape index (κ2) is 5.75. The number of hydrogen-bond acceptors (Lipinski definition) is 4. The van der Waals surface area contributed by atoms with Gasteiger partial charge in [-0.1, -0.05) is 45.3 Å². The molecule has 1 atom stereocenters. The van der Waals surface area contributed by atoms with E-state index in [1.54, 1.807) is 12.1 Å². The maximum Gasteiger partial charge on any atom is 0.160 e. The first-order valence-electron chi connectivity index (χ1n) is 7.13. The highest BCUT2D eigenvalue weighted by Gasteiger charge is 2.56. The Morgan fingerprint density at radius 1 is 1.05 bits per heavy atom. The molecule has 1 aromatic rings. The van der Waals surface area contributed by atoms with Crippen LogP contribution in [0.25, 0.3) is 0 Å². The minimum Gasteiger partial charge on any atom is -0.504 e. The van der Waals surface area contributed by atoms with Crippen LogP contribution in [0.3, 0.4) is 0 Å². The summed E-state index contributed by atoms with van der Waals surface area (Å²) in [6.45, 7) is 12.5. The molecule has 0 fully saturated rings. The summed E-state index contributed by atoms with van der Waals surface area (Å²) < 4.78 is 5.10. The molecular formula is C15H28O4Si2. The average Bonchev–Trinajstić information content (AvgIpc) is 2.34. The Morgan fingerprint density at radius 2 is 1.52 bits per heavy atom. The summed E-state index contributed by atoms with van der Waals surface area (Å²) >= 11 is 0. The van der Waals surface area contributed by atoms with Crippen molar-refractivity contribution in [1.29, 1.82) is 0 Å². The van der Waals surface area contributed by atoms with Crippen LogP contribution in [0.4, 0.5) is 0 Å². The SMILES string of the molecule is COc1cc(C(O)C(O)([Si](C)(C)C)[Si](C)(C)C)ccc1O. The van der Waals surface area contributed by atoms with E-state index >= 15 is 0 Å². The van der Waals surface area contributed by atoms with Crippen LogP contribution in [0.2, 0.25) is 39.3 Å². The van der Waals surface area contributed by atoms with Crippen molar-refractivity contribution in [2.75, 3.05) is 7.11 Å². The van der Waals surface area contributed by atoms with Gasteiger partial charge in [0.15, 0.2) is 11.5 Å². The molecule has 0 saturated carbocycles. The van der Waals surface area contributed by atoms with Gasteiger partial charge < -0.3 is 20.1 Å². The molecule has 120 valence electrons. The third-order valence-electron chi connectivity index (χ3n) is 4.20. The minimum absolute atomic E-state index is 0.0259. The molecule has 1 aromatic carbocycles. The summed E-state index contributed by atoms with van der Waals surface area (Å²) in [5.41, 5.74) is 0.581. The number of phenols is 1. The van der Waals surface area contributed by atoms with Crippen molar-refractivity contribution in [3.63, 3.8) is 0 Å². The zero-order chi connectivity index (χ0) is 16.6. The number of aliphatic hydroxyl groups is 2. The summed E-state index contributed by atoms with van der Waals surface area (Å²) in [5.74, 6) is 0.332. The summed E-state index contributed by atoms with van der Waals surface area (Å²) in [6, 6.07) is 4.74. The molecule has 4 nitrogen and oxygen atoms in total. The van der Waals surface area contributed by atoms with E-state index in [2.05, 4.69) is 39.3 Å². The van der Waals surface area contributed by atoms with Crippen LogP contribution in [-0.2, 0) is 0 Å². The summed E-state index contributed by atoms with van der Waals surface area (Å²) in [7, 11) is -2.67. The quantitative estimate of drug-likeness (QED) is 0.727. The number of rotatable bonds is 5. The highest BCUT2D eigenvalue weighted by Crippen LogP contribution is 2.42. The van der Waals surface area contributed by atoms with Crippen LogP contribution in [-0.4, -0.2) is 43.4 Å². The number of ether oxygens (including phenoxy) is 1. The Balaban J connectivity index is 3.41. The molecule has 0 aliphatic carbocycles. The molecule has 0 heterocycles. The smallest absolute Gasteiger partial charge is 0.160 e. The normalized spacial score (nSPS) is 14.9. The van der Waals surface area contributed by atoms with Crippen LogP contribution >= 0.6 is 0 Å². The van der Waals surface area contributed by atoms with Gasteiger partial charge in [0.25, 0.3) is 0 Å². The van der Waals surface area contributed by atoms with Crippen LogP contribution in [0, 0.1) is 0 Å². The van der Waals surface area contributed by atoms with E-state index in [0.717, 1.165) is 0 Å². The van der Waals surface area contributed by atoms with E-state index in [0.29, 0.717) is 11.3 Å². The van der Waals surface area contributed by atoms with Gasteiger partial charge in [-0.15, -0.1) is 0 Å². The van der Waals surface area contributed by atoms with Crippen molar-refractivity contribution < 1.29 is 20.1 Å². The lowest BCUT2D eigenvalue weighted by Gasteiger charge is -2.50. The second-order valence-corrected chi connectivity index (χ2v) is 18.6. The van der Waals surface area contributed by atoms with Crippen LogP contribution in [0.15, 0.2) is 18.2 Å². The van der Waals surface area contributed by atoms with Gasteiger partial charge in [0.05, 0.1) is 28.1 Å². The molecule has 0 saturated heterocycles. The molecule has 1 unspecified atom stereocenters. The minimum atomic E-state index is -2.07. The number of hydrogen-bond donors (Lipinski definition) is 3. The number of aliphatic hydroxyl groups excluding tert-OH is 1. The highest BCUT2D eigenvalue weighted by molar-refractivity contribution is 6.98. The van der Waals surface area contributed by atoms with Crippen LogP contribution < -0.4 is 4.74 Å². The first-order chi connectivity index (χ1) is 9.36. The first-order valence-corrected chi connectivity index (χ1v) is 14.1. The highest BCUT2D eigenvalue weighted by atomic mass is 28.4. The number of aromatic hydroxyl groups is 1. The maximum absolute atomic E-state index is 11.4. The van der Waals surface area contributed by atoms with Crippen molar-refractivity contribution >= 4 is 16.1 Å². The molecule has 0 aromatic heterocycles. The summed E-state index contributed by atoms with van der Waals surface area (Å²) in [6.07, 6.45) is -0.981. The van der Waals surface area contributed by atoms with Gasteiger partial charge in [-0.3, -0.25) is 0 Å². The van der Waals surface area contributed by atoms with Crippen molar-refractivity contribution in [1.82, 2.24) is 0 Å². The summed E-state index contributed by atoms with van der Waals surface area (Å²) in [4.78, 5) is -1.08. The van der Waals surface area contributed by atoms with Gasteiger partial charge in [0, 0.05) is 0 Å². The van der Waals surface area contributed by atoms with E-state index in [4.69, 9.17) is 4.74 Å². The van der Waals surface area contributed by atoms with Crippen molar-refractivity contribution in [2.24, 2.45) is 0 Å². The molecule has 1 rings (SSSR count). The zero-order valence-corrected chi connectivity index (χ0v) is 16.1. The molecule has 0 aliphatic rings. The van der Waals surface area contributed by atoms with Crippen molar-refractivity contribution in [3.8, 4) is 11.5 Å². The standard InChI is InChI=1S/C15H28O4Si2/c1-19-13-10-11(8-9-12(13)16)14(17)15(18,20(2,3)4)21(5,6)7/h8-10,14,16-18H,1-7H3. The fraction of sp³-hybridized carbons (Fsp3) is 0.600. The van der Waals surface area contributed by atoms with E-state index in [-0.39, 0.29) is 5.75 Å². The van der Waals surface area contributed by atoms with E-state index in [1.807, 2.05) is 0 Å². The third kappa shape index (κ3) is 3.18. The Hall–Kier alpha value is -0.826. The Kier molecular flexibility index (Phi) is 4.99. The molecule has 0 bridgehead atoms. The van der Waals surface area contributed by atoms with E-state index in [9.17, 15) is 15.3 Å². The molecule has 0 aliphatic heterocycles. The van der Waals surface area contributed by atoms with Gasteiger partial charge in [0.1, 0.15) is 6.10 Å². The van der Waals surface area contributed by atoms with Gasteiger partial charge >= 0.3 is 0 Å². The average molecular weight is 329 g/mol. The topological polar surface area (TPSA) is 69.9 Å². The zero-order valence-electron chi connectivity index (χ0n) is 14.1. The Bertz CT molecular complexity index is 489. The van der Waals surface area contributed by atoms with E-state index < -0.39 is 27.1 Å². The molecular weight excluding hydrogens is 300 g/mol. The van der Waals surface area contributed by atoms with E-state index in [1.165, 1.54) is 13.2 Å². The molecule has 21 heavy (non-hydrogen) atoms. The number of methoxy groups -OCH3 is 1. The fourth-order valence-corrected chi connectivity index (χ4v) is 14.0. The predicted octanol–water partition coefficient (Wildman–Crippen LogP) is 2.92. The molecule has 3 N–H and O–H groups in total. The number of phenolic OH excluding ortho intramolecular Hbond substituents is 1. The van der Waals surface area contributed by atoms with Crippen LogP contribution in [0.1, 0.15) is 11.7 Å². The van der Waals surface area contributed by atoms with Gasteiger partial charge in [-0.25, -0.2) is 0 Å². The Morgan fingerprint density at radius 3 is 1.90 bits per heavy atom. The predicted molar refractivity (Wildman–Crippen MR) is 91.3 cm³/mol. The maximum atomic E-state index is 11.4. The van der Waals surface area contributed by atoms with Gasteiger partial charge in [-0.05, 0) is 17.7 Å². The van der Waals surface area contributed by atoms with Crippen LogP contribution in [0.5, 0.6) is 11.5 Å². The van der Waals surface area contributed by atoms with Gasteiger partial charge in [0.2, 0.25) is 0 Å². The molecule has 0 radical (unpaired) electrons. The molecule has 0 amide bonds. The Labute approximate surface area is 129 Å². The lowest BCUT2D eigenvalue weighted by molar-refractivity contribution is 0.0249. The van der Waals surface area contributed by atoms with Gasteiger partial charge in [-0.2, -0.15) is 0 Å². The monoisotopic (exact) mass is 328 g/mol. The fourth-order valence-electron chi connectivity index (χ4n) is 3.05. The lowest BCUT2D eigenvalue weighted by atomic mass is 10.1. The molecule has 0 spiro atoms. The number of benzene rings is 1. The second-order valence-electron chi connectivity index (χ2n) is 7.60. The molecule has 6 heteroatoms. The largest absolute Gasteiger partial charge is 0.504 e.